The Bertz CT molecular complexity index is 254. The molecule has 0 aromatic carbocycles. The number of aryl methyl sites for hydroxylation is 1. The van der Waals surface area contributed by atoms with E-state index in [4.69, 9.17) is 9.52 Å². The molecule has 3 heteroatoms. The Morgan fingerprint density at radius 3 is 2.58 bits per heavy atom. The molecule has 0 radical (unpaired) electrons. The number of hydrogen-bond donors (Lipinski definition) is 1. The predicted molar refractivity (Wildman–Crippen MR) is 44.5 cm³/mol. The minimum absolute atomic E-state index is 0.181. The summed E-state index contributed by atoms with van der Waals surface area (Å²) >= 11 is 0. The van der Waals surface area contributed by atoms with Gasteiger partial charge in [-0.25, -0.2) is 0 Å². The van der Waals surface area contributed by atoms with E-state index < -0.39 is 5.97 Å². The van der Waals surface area contributed by atoms with E-state index >= 15 is 0 Å². The van der Waals surface area contributed by atoms with Gasteiger partial charge in [0.1, 0.15) is 12.2 Å². The number of carbonyl (C=O) groups is 1. The number of carboxylic acids is 1. The second-order valence-corrected chi connectivity index (χ2v) is 2.00. The number of hydrogen-bond acceptors (Lipinski definition) is 2. The van der Waals surface area contributed by atoms with E-state index in [1.54, 1.807) is 6.26 Å². The maximum atomic E-state index is 9.46. The van der Waals surface area contributed by atoms with Crippen LogP contribution in [0.1, 0.15) is 12.2 Å². The van der Waals surface area contributed by atoms with Crippen LogP contribution in [0.3, 0.4) is 0 Å². The summed E-state index contributed by atoms with van der Waals surface area (Å²) in [6.45, 7) is 1.92. The van der Waals surface area contributed by atoms with Gasteiger partial charge in [0, 0.05) is 0 Å². The fourth-order valence-electron chi connectivity index (χ4n) is 0.448. The minimum atomic E-state index is -0.947. The summed E-state index contributed by atoms with van der Waals surface area (Å²) in [6.07, 6.45) is 6.08. The molecule has 1 aromatic rings. The summed E-state index contributed by atoms with van der Waals surface area (Å²) in [6, 6.07) is 3.79. The first-order valence-electron chi connectivity index (χ1n) is 3.32. The maximum Gasteiger partial charge on any atom is 0.315 e. The molecule has 0 aliphatic heterocycles. The molecule has 12 heavy (non-hydrogen) atoms. The highest BCUT2D eigenvalue weighted by Gasteiger charge is 1.84. The fourth-order valence-corrected chi connectivity index (χ4v) is 0.448. The summed E-state index contributed by atoms with van der Waals surface area (Å²) in [5, 5.41) is 7.77. The lowest BCUT2D eigenvalue weighted by atomic mass is 10.5. The van der Waals surface area contributed by atoms with E-state index in [1.807, 2.05) is 25.0 Å². The molecule has 3 nitrogen and oxygen atoms in total. The average molecular weight is 166 g/mol. The SMILES string of the molecule is C#CCC(=O)O.Cc1ccco1. The number of furan rings is 1. The molecule has 0 spiro atoms. The lowest BCUT2D eigenvalue weighted by Crippen LogP contribution is -1.88. The van der Waals surface area contributed by atoms with Crippen LogP contribution in [-0.2, 0) is 4.79 Å². The van der Waals surface area contributed by atoms with Crippen molar-refractivity contribution in [3.8, 4) is 12.3 Å². The van der Waals surface area contributed by atoms with Crippen molar-refractivity contribution in [1.29, 1.82) is 0 Å². The zero-order valence-corrected chi connectivity index (χ0v) is 6.78. The van der Waals surface area contributed by atoms with Crippen molar-refractivity contribution in [1.82, 2.24) is 0 Å². The van der Waals surface area contributed by atoms with Gasteiger partial charge in [-0.1, -0.05) is 5.92 Å². The number of aliphatic carboxylic acids is 1. The predicted octanol–water partition coefficient (Wildman–Crippen LogP) is 1.68. The molecular weight excluding hydrogens is 156 g/mol. The van der Waals surface area contributed by atoms with Gasteiger partial charge in [0.25, 0.3) is 0 Å². The first-order chi connectivity index (χ1) is 5.66. The fraction of sp³-hybridized carbons (Fsp3) is 0.222. The highest BCUT2D eigenvalue weighted by Crippen LogP contribution is 1.93. The van der Waals surface area contributed by atoms with Crippen LogP contribution in [0.5, 0.6) is 0 Å². The lowest BCUT2D eigenvalue weighted by Gasteiger charge is -1.72. The Labute approximate surface area is 71.0 Å². The quantitative estimate of drug-likeness (QED) is 0.646. The van der Waals surface area contributed by atoms with Crippen molar-refractivity contribution in [2.24, 2.45) is 0 Å². The van der Waals surface area contributed by atoms with Crippen LogP contribution in [0.4, 0.5) is 0 Å². The molecule has 0 bridgehead atoms. The Hall–Kier alpha value is -1.69. The van der Waals surface area contributed by atoms with Gasteiger partial charge in [-0.15, -0.1) is 6.42 Å². The second kappa shape index (κ2) is 6.05. The smallest absolute Gasteiger partial charge is 0.315 e. The monoisotopic (exact) mass is 166 g/mol. The van der Waals surface area contributed by atoms with E-state index in [0.717, 1.165) is 5.76 Å². The number of terminal acetylenes is 1. The molecule has 0 amide bonds. The summed E-state index contributed by atoms with van der Waals surface area (Å²) < 4.78 is 4.83. The van der Waals surface area contributed by atoms with Crippen LogP contribution in [0, 0.1) is 19.3 Å². The average Bonchev–Trinajstić information content (AvgIpc) is 2.40. The molecule has 64 valence electrons. The molecule has 0 saturated heterocycles. The Morgan fingerprint density at radius 2 is 2.50 bits per heavy atom. The van der Waals surface area contributed by atoms with Crippen molar-refractivity contribution >= 4 is 5.97 Å². The van der Waals surface area contributed by atoms with Gasteiger partial charge in [-0.3, -0.25) is 4.79 Å². The van der Waals surface area contributed by atoms with Gasteiger partial charge >= 0.3 is 5.97 Å². The van der Waals surface area contributed by atoms with Crippen LogP contribution in [0.2, 0.25) is 0 Å². The van der Waals surface area contributed by atoms with Gasteiger partial charge in [0.15, 0.2) is 0 Å². The largest absolute Gasteiger partial charge is 0.481 e. The molecule has 1 aromatic heterocycles. The third-order valence-electron chi connectivity index (χ3n) is 0.917. The molecule has 0 aliphatic rings. The van der Waals surface area contributed by atoms with E-state index in [1.165, 1.54) is 0 Å². The Balaban J connectivity index is 0.000000202. The topological polar surface area (TPSA) is 50.4 Å². The van der Waals surface area contributed by atoms with Gasteiger partial charge in [0.05, 0.1) is 6.26 Å². The van der Waals surface area contributed by atoms with E-state index in [9.17, 15) is 4.79 Å². The zero-order valence-electron chi connectivity index (χ0n) is 6.78. The van der Waals surface area contributed by atoms with Crippen LogP contribution in [-0.4, -0.2) is 11.1 Å². The van der Waals surface area contributed by atoms with Crippen LogP contribution >= 0.6 is 0 Å². The molecule has 0 saturated carbocycles. The van der Waals surface area contributed by atoms with Gasteiger partial charge in [0.2, 0.25) is 0 Å². The molecule has 0 aliphatic carbocycles. The van der Waals surface area contributed by atoms with Gasteiger partial charge in [-0.2, -0.15) is 0 Å². The molecule has 1 N–H and O–H groups in total. The maximum absolute atomic E-state index is 9.46. The Morgan fingerprint density at radius 1 is 1.83 bits per heavy atom. The summed E-state index contributed by atoms with van der Waals surface area (Å²) in [5.41, 5.74) is 0. The zero-order chi connectivity index (χ0) is 9.40. The first-order valence-corrected chi connectivity index (χ1v) is 3.32. The van der Waals surface area contributed by atoms with Crippen LogP contribution < -0.4 is 0 Å². The van der Waals surface area contributed by atoms with Gasteiger partial charge < -0.3 is 9.52 Å². The summed E-state index contributed by atoms with van der Waals surface area (Å²) in [4.78, 5) is 9.46. The highest BCUT2D eigenvalue weighted by molar-refractivity contribution is 5.69. The molecule has 1 heterocycles. The Kier molecular flexibility index (Phi) is 5.20. The van der Waals surface area contributed by atoms with E-state index in [-0.39, 0.29) is 6.42 Å². The molecular formula is C9H10O3. The molecule has 0 fully saturated rings. The normalized spacial score (nSPS) is 7.67. The summed E-state index contributed by atoms with van der Waals surface area (Å²) in [5.74, 6) is 1.99. The third-order valence-corrected chi connectivity index (χ3v) is 0.917. The second-order valence-electron chi connectivity index (χ2n) is 2.00. The highest BCUT2D eigenvalue weighted by atomic mass is 16.4. The molecule has 0 atom stereocenters. The molecule has 0 unspecified atom stereocenters. The third kappa shape index (κ3) is 6.43. The van der Waals surface area contributed by atoms with Crippen molar-refractivity contribution in [3.63, 3.8) is 0 Å². The van der Waals surface area contributed by atoms with Crippen LogP contribution in [0.15, 0.2) is 22.8 Å². The van der Waals surface area contributed by atoms with Crippen molar-refractivity contribution in [3.05, 3.63) is 24.2 Å². The molecule has 1 rings (SSSR count). The van der Waals surface area contributed by atoms with Crippen LogP contribution in [0.25, 0.3) is 0 Å². The van der Waals surface area contributed by atoms with E-state index in [2.05, 4.69) is 6.42 Å². The number of carboxylic acid groups (broad SMARTS) is 1. The first kappa shape index (κ1) is 10.3. The van der Waals surface area contributed by atoms with Crippen molar-refractivity contribution < 1.29 is 14.3 Å². The number of rotatable bonds is 1. The van der Waals surface area contributed by atoms with Crippen molar-refractivity contribution in [2.75, 3.05) is 0 Å². The minimum Gasteiger partial charge on any atom is -0.481 e. The summed E-state index contributed by atoms with van der Waals surface area (Å²) in [7, 11) is 0. The van der Waals surface area contributed by atoms with E-state index in [0.29, 0.717) is 0 Å². The standard InChI is InChI=1S/C5H6O.C4H4O2/c1-5-3-2-4-6-5;1-2-3-4(5)6/h2-4H,1H3;1H,3H2,(H,5,6). The lowest BCUT2D eigenvalue weighted by molar-refractivity contribution is -0.135. The van der Waals surface area contributed by atoms with Gasteiger partial charge in [-0.05, 0) is 19.1 Å². The van der Waals surface area contributed by atoms with Crippen molar-refractivity contribution in [2.45, 2.75) is 13.3 Å².